The Morgan fingerprint density at radius 2 is 1.43 bits per heavy atom. The van der Waals surface area contributed by atoms with Gasteiger partial charge in [0.2, 0.25) is 10.5 Å². The molecule has 0 aromatic heterocycles. The van der Waals surface area contributed by atoms with E-state index in [1.165, 1.54) is 0 Å². The van der Waals surface area contributed by atoms with E-state index >= 15 is 0 Å². The molecule has 0 N–H and O–H groups in total. The molecule has 0 bridgehead atoms. The Bertz CT molecular complexity index is 14.9. The van der Waals surface area contributed by atoms with E-state index < -0.39 is 0 Å². The van der Waals surface area contributed by atoms with Gasteiger partial charge < -0.3 is 4.43 Å². The first-order chi connectivity index (χ1) is 1.91. The number of rotatable bonds is 1. The molecular formula is C2H8Br3OSi. The van der Waals surface area contributed by atoms with Gasteiger partial charge in [0.1, 0.15) is 0 Å². The zero-order chi connectivity index (χ0) is 3.41. The summed E-state index contributed by atoms with van der Waals surface area (Å²) >= 11 is 0. The molecule has 5 heteroatoms. The van der Waals surface area contributed by atoms with E-state index in [-0.39, 0.29) is 50.9 Å². The second-order valence-electron chi connectivity index (χ2n) is 0.433. The Balaban J connectivity index is -0.0000000150. The van der Waals surface area contributed by atoms with Crippen LogP contribution in [0, 0.1) is 0 Å². The van der Waals surface area contributed by atoms with Crippen LogP contribution in [0.5, 0.6) is 0 Å². The second kappa shape index (κ2) is 25.5. The van der Waals surface area contributed by atoms with Gasteiger partial charge in [0, 0.05) is 6.61 Å². The number of halogens is 3. The highest BCUT2D eigenvalue weighted by Crippen LogP contribution is 1.50. The molecule has 7 heavy (non-hydrogen) atoms. The second-order valence-corrected chi connectivity index (χ2v) is 0.722. The van der Waals surface area contributed by atoms with E-state index in [0.29, 0.717) is 0 Å². The summed E-state index contributed by atoms with van der Waals surface area (Å²) in [4.78, 5) is 0. The summed E-state index contributed by atoms with van der Waals surface area (Å²) in [6, 6.07) is 0. The van der Waals surface area contributed by atoms with Crippen molar-refractivity contribution < 1.29 is 4.43 Å². The molecule has 47 valence electrons. The fraction of sp³-hybridized carbons (Fsp3) is 1.00. The minimum atomic E-state index is 0. The van der Waals surface area contributed by atoms with E-state index in [4.69, 9.17) is 0 Å². The fourth-order valence-corrected chi connectivity index (χ4v) is 0. The zero-order valence-electron chi connectivity index (χ0n) is 3.84. The third-order valence-corrected chi connectivity index (χ3v) is 0.433. The highest BCUT2D eigenvalue weighted by molar-refractivity contribution is 8.93. The van der Waals surface area contributed by atoms with Crippen molar-refractivity contribution in [1.82, 2.24) is 0 Å². The topological polar surface area (TPSA) is 9.23 Å². The van der Waals surface area contributed by atoms with Gasteiger partial charge in [-0.15, -0.1) is 50.9 Å². The van der Waals surface area contributed by atoms with Gasteiger partial charge in [0.25, 0.3) is 0 Å². The van der Waals surface area contributed by atoms with Crippen LogP contribution in [0.15, 0.2) is 0 Å². The van der Waals surface area contributed by atoms with Gasteiger partial charge in [-0.05, 0) is 6.92 Å². The summed E-state index contributed by atoms with van der Waals surface area (Å²) in [6.45, 7) is 2.64. The largest absolute Gasteiger partial charge is 0.419 e. The molecular weight excluding hydrogens is 308 g/mol. The molecule has 3 radical (unpaired) electrons. The first-order valence-electron chi connectivity index (χ1n) is 1.20. The lowest BCUT2D eigenvalue weighted by atomic mass is 10.9. The summed E-state index contributed by atoms with van der Waals surface area (Å²) in [7, 11) is 2.79. The van der Waals surface area contributed by atoms with Crippen molar-refractivity contribution in [2.24, 2.45) is 0 Å². The summed E-state index contributed by atoms with van der Waals surface area (Å²) in [5.41, 5.74) is 0. The van der Waals surface area contributed by atoms with Gasteiger partial charge in [-0.1, -0.05) is 0 Å². The highest BCUT2D eigenvalue weighted by Gasteiger charge is 1.53. The quantitative estimate of drug-likeness (QED) is 0.671. The van der Waals surface area contributed by atoms with Gasteiger partial charge in [-0.25, -0.2) is 0 Å². The van der Waals surface area contributed by atoms with E-state index in [2.05, 4.69) is 14.9 Å². The summed E-state index contributed by atoms with van der Waals surface area (Å²) in [6.07, 6.45) is 0. The standard InChI is InChI=1S/C2H5OSi.3BrH/c1-2-3-4;;;/h2H2,1H3;3*1H. The van der Waals surface area contributed by atoms with E-state index in [1.807, 2.05) is 6.92 Å². The van der Waals surface area contributed by atoms with Crippen LogP contribution < -0.4 is 0 Å². The maximum atomic E-state index is 4.35. The Morgan fingerprint density at radius 3 is 1.43 bits per heavy atom. The summed E-state index contributed by atoms with van der Waals surface area (Å²) in [5.74, 6) is 0. The Labute approximate surface area is 79.1 Å². The molecule has 0 unspecified atom stereocenters. The van der Waals surface area contributed by atoms with Gasteiger partial charge in [0.05, 0.1) is 0 Å². The molecule has 0 aliphatic heterocycles. The van der Waals surface area contributed by atoms with Crippen LogP contribution in [-0.2, 0) is 4.43 Å². The summed E-state index contributed by atoms with van der Waals surface area (Å²) in [5, 5.41) is 0. The first-order valence-corrected chi connectivity index (χ1v) is 1.61. The average molecular weight is 316 g/mol. The van der Waals surface area contributed by atoms with E-state index in [0.717, 1.165) is 6.61 Å². The van der Waals surface area contributed by atoms with Gasteiger partial charge in [-0.3, -0.25) is 0 Å². The summed E-state index contributed by atoms with van der Waals surface area (Å²) < 4.78 is 4.35. The predicted octanol–water partition coefficient (Wildman–Crippen LogP) is 1.84. The molecule has 0 aromatic rings. The van der Waals surface area contributed by atoms with Crippen LogP contribution in [-0.4, -0.2) is 17.1 Å². The molecule has 0 rings (SSSR count). The molecule has 1 nitrogen and oxygen atoms in total. The van der Waals surface area contributed by atoms with Crippen LogP contribution >= 0.6 is 50.9 Å². The number of hydrogen-bond donors (Lipinski definition) is 0. The van der Waals surface area contributed by atoms with Crippen LogP contribution in [0.1, 0.15) is 6.92 Å². The maximum absolute atomic E-state index is 4.35. The first kappa shape index (κ1) is 23.5. The molecule has 0 aliphatic carbocycles. The van der Waals surface area contributed by atoms with Crippen molar-refractivity contribution in [2.75, 3.05) is 6.61 Å². The molecule has 0 saturated carbocycles. The molecule has 0 spiro atoms. The van der Waals surface area contributed by atoms with Gasteiger partial charge in [0.15, 0.2) is 0 Å². The van der Waals surface area contributed by atoms with Crippen molar-refractivity contribution in [3.05, 3.63) is 0 Å². The van der Waals surface area contributed by atoms with Crippen LogP contribution in [0.4, 0.5) is 0 Å². The Hall–Kier alpha value is 1.62. The van der Waals surface area contributed by atoms with Crippen molar-refractivity contribution >= 4 is 61.4 Å². The Kier molecular flexibility index (Phi) is 85.4. The normalized spacial score (nSPS) is 4.29. The van der Waals surface area contributed by atoms with Crippen molar-refractivity contribution in [1.29, 1.82) is 0 Å². The van der Waals surface area contributed by atoms with Crippen LogP contribution in [0.25, 0.3) is 0 Å². The molecule has 0 heterocycles. The van der Waals surface area contributed by atoms with E-state index in [9.17, 15) is 0 Å². The lowest BCUT2D eigenvalue weighted by molar-refractivity contribution is 0.375. The fourth-order valence-electron chi connectivity index (χ4n) is 0. The zero-order valence-corrected chi connectivity index (χ0v) is 9.98. The monoisotopic (exact) mass is 313 g/mol. The number of hydrogen-bond acceptors (Lipinski definition) is 1. The van der Waals surface area contributed by atoms with Crippen LogP contribution in [0.3, 0.4) is 0 Å². The molecule has 0 aliphatic rings. The molecule has 0 fully saturated rings. The average Bonchev–Trinajstić information content (AvgIpc) is 1.37. The molecule has 0 amide bonds. The maximum Gasteiger partial charge on any atom is 0.246 e. The lowest BCUT2D eigenvalue weighted by Gasteiger charge is -1.75. The third-order valence-electron chi connectivity index (χ3n) is 0.144. The highest BCUT2D eigenvalue weighted by atomic mass is 79.9. The van der Waals surface area contributed by atoms with Gasteiger partial charge >= 0.3 is 0 Å². The van der Waals surface area contributed by atoms with Crippen molar-refractivity contribution in [3.8, 4) is 0 Å². The molecule has 0 saturated heterocycles. The van der Waals surface area contributed by atoms with Gasteiger partial charge in [-0.2, -0.15) is 0 Å². The molecule has 0 aromatic carbocycles. The minimum Gasteiger partial charge on any atom is -0.419 e. The smallest absolute Gasteiger partial charge is 0.246 e. The third kappa shape index (κ3) is 35.1. The Morgan fingerprint density at radius 1 is 1.29 bits per heavy atom. The molecule has 0 atom stereocenters. The van der Waals surface area contributed by atoms with E-state index in [1.54, 1.807) is 0 Å². The lowest BCUT2D eigenvalue weighted by Crippen LogP contribution is -1.76. The van der Waals surface area contributed by atoms with Crippen molar-refractivity contribution in [3.63, 3.8) is 0 Å². The SMILES string of the molecule is Br.Br.Br.CCO[Si]. The van der Waals surface area contributed by atoms with Crippen molar-refractivity contribution in [2.45, 2.75) is 6.92 Å². The van der Waals surface area contributed by atoms with Crippen LogP contribution in [0.2, 0.25) is 0 Å². The predicted molar refractivity (Wildman–Crippen MR) is 48.3 cm³/mol. The minimum absolute atomic E-state index is 0.